The largest absolute Gasteiger partial charge is 0.329 e. The molecular weight excluding hydrogens is 219 g/mol. The second-order valence-electron chi connectivity index (χ2n) is 1.59. The van der Waals surface area contributed by atoms with Gasteiger partial charge in [0.05, 0.1) is 12.7 Å². The standard InChI is InChI=1S/C4H7BrN4.ClH/c5-4-3-9(2-1-6)8-7-4;/h3H,1-2,6H2;1H. The Hall–Kier alpha value is -0.130. The summed E-state index contributed by atoms with van der Waals surface area (Å²) in [5, 5.41) is 7.45. The van der Waals surface area contributed by atoms with E-state index in [1.807, 2.05) is 0 Å². The van der Waals surface area contributed by atoms with E-state index in [4.69, 9.17) is 5.73 Å². The molecule has 0 bridgehead atoms. The predicted molar refractivity (Wildman–Crippen MR) is 44.0 cm³/mol. The monoisotopic (exact) mass is 226 g/mol. The van der Waals surface area contributed by atoms with E-state index in [0.717, 1.165) is 11.1 Å². The van der Waals surface area contributed by atoms with Crippen molar-refractivity contribution in [3.05, 3.63) is 10.8 Å². The molecule has 1 heterocycles. The van der Waals surface area contributed by atoms with Crippen molar-refractivity contribution in [3.8, 4) is 0 Å². The third-order valence-corrected chi connectivity index (χ3v) is 1.23. The lowest BCUT2D eigenvalue weighted by molar-refractivity contribution is 0.598. The summed E-state index contributed by atoms with van der Waals surface area (Å²) >= 11 is 3.17. The van der Waals surface area contributed by atoms with Crippen molar-refractivity contribution in [2.75, 3.05) is 6.54 Å². The number of rotatable bonds is 2. The fourth-order valence-corrected chi connectivity index (χ4v) is 0.824. The molecule has 6 heteroatoms. The quantitative estimate of drug-likeness (QED) is 0.797. The lowest BCUT2D eigenvalue weighted by atomic mass is 10.6. The number of halogens is 2. The minimum absolute atomic E-state index is 0. The maximum Gasteiger partial charge on any atom is 0.148 e. The maximum atomic E-state index is 5.27. The average molecular weight is 227 g/mol. The van der Waals surface area contributed by atoms with Crippen LogP contribution in [0.2, 0.25) is 0 Å². The highest BCUT2D eigenvalue weighted by atomic mass is 79.9. The third kappa shape index (κ3) is 2.64. The Bertz CT molecular complexity index is 189. The first-order chi connectivity index (χ1) is 4.33. The van der Waals surface area contributed by atoms with E-state index in [1.165, 1.54) is 0 Å². The van der Waals surface area contributed by atoms with Crippen LogP contribution in [0.1, 0.15) is 0 Å². The summed E-state index contributed by atoms with van der Waals surface area (Å²) in [4.78, 5) is 0. The smallest absolute Gasteiger partial charge is 0.148 e. The Morgan fingerprint density at radius 1 is 1.70 bits per heavy atom. The zero-order valence-electron chi connectivity index (χ0n) is 5.20. The highest BCUT2D eigenvalue weighted by molar-refractivity contribution is 9.10. The van der Waals surface area contributed by atoms with Gasteiger partial charge in [0.15, 0.2) is 0 Å². The van der Waals surface area contributed by atoms with E-state index in [-0.39, 0.29) is 12.4 Å². The average Bonchev–Trinajstić information content (AvgIpc) is 2.17. The minimum Gasteiger partial charge on any atom is -0.329 e. The van der Waals surface area contributed by atoms with Crippen LogP contribution in [0.5, 0.6) is 0 Å². The summed E-state index contributed by atoms with van der Waals surface area (Å²) in [5.74, 6) is 0. The molecule has 0 saturated carbocycles. The van der Waals surface area contributed by atoms with Crippen LogP contribution in [0.3, 0.4) is 0 Å². The van der Waals surface area contributed by atoms with E-state index < -0.39 is 0 Å². The third-order valence-electron chi connectivity index (χ3n) is 0.869. The molecule has 10 heavy (non-hydrogen) atoms. The predicted octanol–water partition coefficient (Wildman–Crippen LogP) is 0.421. The minimum atomic E-state index is 0. The van der Waals surface area contributed by atoms with Crippen LogP contribution in [-0.4, -0.2) is 21.5 Å². The van der Waals surface area contributed by atoms with Gasteiger partial charge >= 0.3 is 0 Å². The van der Waals surface area contributed by atoms with Gasteiger partial charge in [-0.25, -0.2) is 0 Å². The Balaban J connectivity index is 0.000000810. The molecule has 0 fully saturated rings. The van der Waals surface area contributed by atoms with Gasteiger partial charge in [0, 0.05) is 6.54 Å². The molecule has 0 radical (unpaired) electrons. The molecule has 0 saturated heterocycles. The molecule has 0 aliphatic heterocycles. The Morgan fingerprint density at radius 3 is 2.80 bits per heavy atom. The van der Waals surface area contributed by atoms with E-state index in [0.29, 0.717) is 6.54 Å². The highest BCUT2D eigenvalue weighted by Crippen LogP contribution is 2.00. The lowest BCUT2D eigenvalue weighted by Gasteiger charge is -1.91. The number of hydrogen-bond acceptors (Lipinski definition) is 3. The molecule has 0 aliphatic carbocycles. The van der Waals surface area contributed by atoms with Gasteiger partial charge in [0.1, 0.15) is 4.60 Å². The molecule has 58 valence electrons. The number of aromatic nitrogens is 3. The highest BCUT2D eigenvalue weighted by Gasteiger charge is 1.92. The van der Waals surface area contributed by atoms with E-state index in [1.54, 1.807) is 10.9 Å². The van der Waals surface area contributed by atoms with Crippen LogP contribution < -0.4 is 5.73 Å². The molecular formula is C4H8BrClN4. The summed E-state index contributed by atoms with van der Waals surface area (Å²) in [7, 11) is 0. The van der Waals surface area contributed by atoms with Gasteiger partial charge in [0.2, 0.25) is 0 Å². The first-order valence-corrected chi connectivity index (χ1v) is 3.38. The Kier molecular flexibility index (Phi) is 4.59. The Labute approximate surface area is 73.3 Å². The number of hydrogen-bond donors (Lipinski definition) is 1. The summed E-state index contributed by atoms with van der Waals surface area (Å²) in [6.07, 6.45) is 1.78. The topological polar surface area (TPSA) is 56.7 Å². The van der Waals surface area contributed by atoms with Gasteiger partial charge in [-0.3, -0.25) is 4.68 Å². The van der Waals surface area contributed by atoms with Gasteiger partial charge in [-0.05, 0) is 15.9 Å². The van der Waals surface area contributed by atoms with Gasteiger partial charge in [-0.15, -0.1) is 17.5 Å². The van der Waals surface area contributed by atoms with E-state index in [9.17, 15) is 0 Å². The molecule has 1 rings (SSSR count). The van der Waals surface area contributed by atoms with Crippen molar-refractivity contribution >= 4 is 28.3 Å². The van der Waals surface area contributed by atoms with Crippen molar-refractivity contribution in [3.63, 3.8) is 0 Å². The van der Waals surface area contributed by atoms with Crippen molar-refractivity contribution < 1.29 is 0 Å². The fraction of sp³-hybridized carbons (Fsp3) is 0.500. The van der Waals surface area contributed by atoms with E-state index in [2.05, 4.69) is 26.2 Å². The van der Waals surface area contributed by atoms with Gasteiger partial charge in [0.25, 0.3) is 0 Å². The molecule has 4 nitrogen and oxygen atoms in total. The first-order valence-electron chi connectivity index (χ1n) is 2.58. The van der Waals surface area contributed by atoms with Crippen LogP contribution >= 0.6 is 28.3 Å². The summed E-state index contributed by atoms with van der Waals surface area (Å²) in [6.45, 7) is 1.31. The molecule has 1 aromatic rings. The number of nitrogens with two attached hydrogens (primary N) is 1. The molecule has 0 atom stereocenters. The summed E-state index contributed by atoms with van der Waals surface area (Å²) < 4.78 is 2.43. The van der Waals surface area contributed by atoms with Crippen LogP contribution in [0.4, 0.5) is 0 Å². The van der Waals surface area contributed by atoms with E-state index >= 15 is 0 Å². The summed E-state index contributed by atoms with van der Waals surface area (Å²) in [5.41, 5.74) is 5.27. The number of nitrogens with zero attached hydrogens (tertiary/aromatic N) is 3. The van der Waals surface area contributed by atoms with Crippen molar-refractivity contribution in [1.82, 2.24) is 15.0 Å². The van der Waals surface area contributed by atoms with Gasteiger partial charge < -0.3 is 5.73 Å². The molecule has 2 N–H and O–H groups in total. The van der Waals surface area contributed by atoms with Gasteiger partial charge in [-0.2, -0.15) is 0 Å². The molecule has 0 unspecified atom stereocenters. The van der Waals surface area contributed by atoms with Gasteiger partial charge in [-0.1, -0.05) is 5.21 Å². The molecule has 0 amide bonds. The van der Waals surface area contributed by atoms with Crippen LogP contribution in [0, 0.1) is 0 Å². The lowest BCUT2D eigenvalue weighted by Crippen LogP contribution is -2.09. The molecule has 0 aliphatic rings. The molecule has 1 aromatic heterocycles. The Morgan fingerprint density at radius 2 is 2.40 bits per heavy atom. The molecule has 0 spiro atoms. The second-order valence-corrected chi connectivity index (χ2v) is 2.41. The second kappa shape index (κ2) is 4.65. The van der Waals surface area contributed by atoms with Crippen molar-refractivity contribution in [1.29, 1.82) is 0 Å². The SMILES string of the molecule is Cl.NCCn1cc(Br)nn1. The molecule has 0 aromatic carbocycles. The normalized spacial score (nSPS) is 9.00. The fourth-order valence-electron chi connectivity index (χ4n) is 0.516. The van der Waals surface area contributed by atoms with Crippen molar-refractivity contribution in [2.45, 2.75) is 6.54 Å². The van der Waals surface area contributed by atoms with Crippen LogP contribution in [0.15, 0.2) is 10.8 Å². The van der Waals surface area contributed by atoms with Crippen molar-refractivity contribution in [2.24, 2.45) is 5.73 Å². The zero-order valence-corrected chi connectivity index (χ0v) is 7.60. The first kappa shape index (κ1) is 9.87. The maximum absolute atomic E-state index is 5.27. The zero-order chi connectivity index (χ0) is 6.69. The van der Waals surface area contributed by atoms with Crippen LogP contribution in [-0.2, 0) is 6.54 Å². The summed E-state index contributed by atoms with van der Waals surface area (Å²) in [6, 6.07) is 0. The van der Waals surface area contributed by atoms with Crippen LogP contribution in [0.25, 0.3) is 0 Å².